The topological polar surface area (TPSA) is 66.9 Å². The van der Waals surface area contributed by atoms with E-state index in [1.54, 1.807) is 41.0 Å². The number of esters is 1. The predicted octanol–water partition coefficient (Wildman–Crippen LogP) is 3.34. The van der Waals surface area contributed by atoms with Crippen LogP contribution in [0.3, 0.4) is 0 Å². The molecule has 0 radical (unpaired) electrons. The van der Waals surface area contributed by atoms with Gasteiger partial charge in [0, 0.05) is 24.7 Å². The Kier molecular flexibility index (Phi) is 5.09. The summed E-state index contributed by atoms with van der Waals surface area (Å²) < 4.78 is 5.54. The Labute approximate surface area is 170 Å². The summed E-state index contributed by atoms with van der Waals surface area (Å²) >= 11 is 0. The SMILES string of the molecule is C[C@@H]1Cc2ccccc2N1C(=O)[C@@H](C)OC(=O)c1ccccc1N1CCCC1=O. The van der Waals surface area contributed by atoms with Crippen molar-refractivity contribution in [3.05, 3.63) is 59.7 Å². The summed E-state index contributed by atoms with van der Waals surface area (Å²) in [7, 11) is 0. The van der Waals surface area contributed by atoms with Gasteiger partial charge in [-0.05, 0) is 50.5 Å². The highest BCUT2D eigenvalue weighted by Gasteiger charge is 2.35. The van der Waals surface area contributed by atoms with E-state index < -0.39 is 12.1 Å². The van der Waals surface area contributed by atoms with E-state index in [4.69, 9.17) is 4.74 Å². The van der Waals surface area contributed by atoms with Crippen LogP contribution in [0.15, 0.2) is 48.5 Å². The molecule has 0 saturated carbocycles. The van der Waals surface area contributed by atoms with Crippen LogP contribution in [0.25, 0.3) is 0 Å². The second-order valence-electron chi connectivity index (χ2n) is 7.60. The Morgan fingerprint density at radius 3 is 2.48 bits per heavy atom. The molecule has 1 fully saturated rings. The first-order chi connectivity index (χ1) is 14.0. The zero-order valence-electron chi connectivity index (χ0n) is 16.6. The molecular weight excluding hydrogens is 368 g/mol. The number of hydrogen-bond acceptors (Lipinski definition) is 4. The van der Waals surface area contributed by atoms with Gasteiger partial charge < -0.3 is 14.5 Å². The van der Waals surface area contributed by atoms with E-state index in [1.165, 1.54) is 0 Å². The lowest BCUT2D eigenvalue weighted by atomic mass is 10.1. The van der Waals surface area contributed by atoms with Gasteiger partial charge in [-0.25, -0.2) is 4.79 Å². The van der Waals surface area contributed by atoms with Gasteiger partial charge in [0.1, 0.15) is 0 Å². The third kappa shape index (κ3) is 3.50. The molecule has 1 saturated heterocycles. The molecule has 29 heavy (non-hydrogen) atoms. The first kappa shape index (κ1) is 19.2. The van der Waals surface area contributed by atoms with E-state index in [0.717, 1.165) is 24.1 Å². The smallest absolute Gasteiger partial charge is 0.341 e. The van der Waals surface area contributed by atoms with E-state index in [9.17, 15) is 14.4 Å². The number of nitrogens with zero attached hydrogens (tertiary/aromatic N) is 2. The van der Waals surface area contributed by atoms with Gasteiger partial charge in [0.25, 0.3) is 5.91 Å². The van der Waals surface area contributed by atoms with Crippen molar-refractivity contribution in [2.24, 2.45) is 0 Å². The Balaban J connectivity index is 1.52. The van der Waals surface area contributed by atoms with Crippen molar-refractivity contribution in [1.29, 1.82) is 0 Å². The molecular formula is C23H24N2O4. The number of hydrogen-bond donors (Lipinski definition) is 0. The van der Waals surface area contributed by atoms with Gasteiger partial charge in [0.2, 0.25) is 5.91 Å². The number of ether oxygens (including phenoxy) is 1. The fraction of sp³-hybridized carbons (Fsp3) is 0.348. The monoisotopic (exact) mass is 392 g/mol. The minimum Gasteiger partial charge on any atom is -0.449 e. The molecule has 2 aliphatic heterocycles. The standard InChI is InChI=1S/C23H24N2O4/c1-15-14-17-8-3-5-10-19(17)25(15)22(27)16(2)29-23(28)18-9-4-6-11-20(18)24-13-7-12-21(24)26/h3-6,8-11,15-16H,7,12-14H2,1-2H3/t15-,16-/m1/s1. The van der Waals surface area contributed by atoms with Gasteiger partial charge in [0.15, 0.2) is 6.10 Å². The molecule has 6 heteroatoms. The summed E-state index contributed by atoms with van der Waals surface area (Å²) in [4.78, 5) is 41.4. The number of benzene rings is 2. The van der Waals surface area contributed by atoms with Gasteiger partial charge >= 0.3 is 5.97 Å². The summed E-state index contributed by atoms with van der Waals surface area (Å²) in [5.74, 6) is -0.844. The summed E-state index contributed by atoms with van der Waals surface area (Å²) in [5, 5.41) is 0. The van der Waals surface area contributed by atoms with E-state index in [0.29, 0.717) is 24.2 Å². The van der Waals surface area contributed by atoms with Gasteiger partial charge in [-0.2, -0.15) is 0 Å². The Bertz CT molecular complexity index is 971. The number of carbonyl (C=O) groups is 3. The van der Waals surface area contributed by atoms with Crippen molar-refractivity contribution >= 4 is 29.2 Å². The summed E-state index contributed by atoms with van der Waals surface area (Å²) in [6.07, 6.45) is 1.09. The number of para-hydroxylation sites is 2. The highest BCUT2D eigenvalue weighted by Crippen LogP contribution is 2.33. The third-order valence-corrected chi connectivity index (χ3v) is 5.56. The molecule has 0 aliphatic carbocycles. The highest BCUT2D eigenvalue weighted by molar-refractivity contribution is 6.05. The first-order valence-electron chi connectivity index (χ1n) is 9.98. The van der Waals surface area contributed by atoms with Crippen LogP contribution in [0.2, 0.25) is 0 Å². The molecule has 2 aromatic rings. The number of rotatable bonds is 4. The van der Waals surface area contributed by atoms with Crippen molar-refractivity contribution in [2.45, 2.75) is 45.3 Å². The van der Waals surface area contributed by atoms with Crippen LogP contribution in [-0.2, 0) is 20.7 Å². The Hall–Kier alpha value is -3.15. The largest absolute Gasteiger partial charge is 0.449 e. The average molecular weight is 392 g/mol. The molecule has 2 aliphatic rings. The molecule has 0 bridgehead atoms. The van der Waals surface area contributed by atoms with Crippen molar-refractivity contribution in [1.82, 2.24) is 0 Å². The van der Waals surface area contributed by atoms with Crippen molar-refractivity contribution in [3.8, 4) is 0 Å². The molecule has 6 nitrogen and oxygen atoms in total. The number of fused-ring (bicyclic) bond motifs is 1. The molecule has 2 aromatic carbocycles. The van der Waals surface area contributed by atoms with E-state index in [2.05, 4.69) is 0 Å². The van der Waals surface area contributed by atoms with Crippen LogP contribution in [0, 0.1) is 0 Å². The normalized spacial score (nSPS) is 19.2. The number of carbonyl (C=O) groups excluding carboxylic acids is 3. The molecule has 2 atom stereocenters. The molecule has 150 valence electrons. The van der Waals surface area contributed by atoms with Crippen LogP contribution >= 0.6 is 0 Å². The highest BCUT2D eigenvalue weighted by atomic mass is 16.5. The molecule has 0 unspecified atom stereocenters. The summed E-state index contributed by atoms with van der Waals surface area (Å²) in [6.45, 7) is 4.16. The maximum atomic E-state index is 13.1. The molecule has 0 spiro atoms. The number of anilines is 2. The second-order valence-corrected chi connectivity index (χ2v) is 7.60. The van der Waals surface area contributed by atoms with Gasteiger partial charge in [-0.3, -0.25) is 9.59 Å². The van der Waals surface area contributed by atoms with Crippen molar-refractivity contribution < 1.29 is 19.1 Å². The van der Waals surface area contributed by atoms with Crippen LogP contribution in [0.5, 0.6) is 0 Å². The fourth-order valence-electron chi connectivity index (χ4n) is 4.16. The number of amides is 2. The predicted molar refractivity (Wildman–Crippen MR) is 110 cm³/mol. The summed E-state index contributed by atoms with van der Waals surface area (Å²) in [5.41, 5.74) is 2.83. The molecule has 0 aromatic heterocycles. The van der Waals surface area contributed by atoms with E-state index in [1.807, 2.05) is 31.2 Å². The van der Waals surface area contributed by atoms with Crippen LogP contribution in [-0.4, -0.2) is 36.5 Å². The quantitative estimate of drug-likeness (QED) is 0.749. The van der Waals surface area contributed by atoms with Gasteiger partial charge in [-0.1, -0.05) is 30.3 Å². The maximum absolute atomic E-state index is 13.1. The minimum absolute atomic E-state index is 0.00290. The third-order valence-electron chi connectivity index (χ3n) is 5.56. The Morgan fingerprint density at radius 2 is 1.76 bits per heavy atom. The first-order valence-corrected chi connectivity index (χ1v) is 9.98. The lowest BCUT2D eigenvalue weighted by Gasteiger charge is -2.26. The molecule has 2 heterocycles. The molecule has 0 N–H and O–H groups in total. The lowest BCUT2D eigenvalue weighted by molar-refractivity contribution is -0.126. The lowest BCUT2D eigenvalue weighted by Crippen LogP contribution is -2.43. The van der Waals surface area contributed by atoms with E-state index in [-0.39, 0.29) is 17.9 Å². The van der Waals surface area contributed by atoms with Gasteiger partial charge in [-0.15, -0.1) is 0 Å². The summed E-state index contributed by atoms with van der Waals surface area (Å²) in [6, 6.07) is 14.7. The van der Waals surface area contributed by atoms with Crippen LogP contribution < -0.4 is 9.80 Å². The fourth-order valence-corrected chi connectivity index (χ4v) is 4.16. The van der Waals surface area contributed by atoms with Crippen molar-refractivity contribution in [2.75, 3.05) is 16.3 Å². The maximum Gasteiger partial charge on any atom is 0.341 e. The molecule has 4 rings (SSSR count). The molecule has 2 amide bonds. The second kappa shape index (κ2) is 7.70. The zero-order chi connectivity index (χ0) is 20.5. The van der Waals surface area contributed by atoms with Gasteiger partial charge in [0.05, 0.1) is 11.3 Å². The minimum atomic E-state index is -0.932. The average Bonchev–Trinajstić information content (AvgIpc) is 3.29. The van der Waals surface area contributed by atoms with Crippen LogP contribution in [0.1, 0.15) is 42.6 Å². The zero-order valence-corrected chi connectivity index (χ0v) is 16.6. The Morgan fingerprint density at radius 1 is 1.07 bits per heavy atom. The van der Waals surface area contributed by atoms with Crippen molar-refractivity contribution in [3.63, 3.8) is 0 Å². The van der Waals surface area contributed by atoms with Crippen LogP contribution in [0.4, 0.5) is 11.4 Å². The van der Waals surface area contributed by atoms with E-state index >= 15 is 0 Å².